The number of halogens is 2. The zero-order valence-corrected chi connectivity index (χ0v) is 23.9. The van der Waals surface area contributed by atoms with Crippen LogP contribution in [0.1, 0.15) is 37.3 Å². The zero-order valence-electron chi connectivity index (χ0n) is 23.1. The fourth-order valence-electron chi connectivity index (χ4n) is 5.57. The molecule has 0 bridgehead atoms. The molecule has 3 heterocycles. The lowest BCUT2D eigenvalue weighted by Gasteiger charge is -2.33. The number of aryl methyl sites for hydroxylation is 1. The van der Waals surface area contributed by atoms with Crippen LogP contribution in [0.5, 0.6) is 0 Å². The quantitative estimate of drug-likeness (QED) is 0.253. The van der Waals surface area contributed by atoms with E-state index in [1.165, 1.54) is 35.9 Å². The number of nitrogen functional groups attached to an aromatic ring is 1. The highest BCUT2D eigenvalue weighted by atomic mass is 32.2. The lowest BCUT2D eigenvalue weighted by atomic mass is 9.89. The molecule has 42 heavy (non-hydrogen) atoms. The Bertz CT molecular complexity index is 1790. The topological polar surface area (TPSA) is 124 Å². The normalized spacial score (nSPS) is 17.7. The van der Waals surface area contributed by atoms with Gasteiger partial charge < -0.3 is 15.8 Å². The first-order chi connectivity index (χ1) is 20.2. The molecule has 2 aromatic carbocycles. The molecule has 0 saturated carbocycles. The van der Waals surface area contributed by atoms with Crippen LogP contribution in [0.3, 0.4) is 0 Å². The number of sulfonamides is 1. The van der Waals surface area contributed by atoms with Crippen molar-refractivity contribution in [2.75, 3.05) is 23.7 Å². The summed E-state index contributed by atoms with van der Waals surface area (Å²) in [5.74, 6) is -1.79. The third-order valence-electron chi connectivity index (χ3n) is 7.77. The summed E-state index contributed by atoms with van der Waals surface area (Å²) in [5, 5.41) is 9.04. The van der Waals surface area contributed by atoms with Gasteiger partial charge in [-0.15, -0.1) is 0 Å². The molecule has 1 aliphatic heterocycles. The Kier molecular flexibility index (Phi) is 7.69. The number of ether oxygens (including phenoxy) is 1. The number of rotatable bonds is 9. The van der Waals surface area contributed by atoms with E-state index >= 15 is 4.39 Å². The average Bonchev–Trinajstić information content (AvgIpc) is 3.34. The fourth-order valence-corrected chi connectivity index (χ4v) is 6.78. The minimum Gasteiger partial charge on any atom is -0.383 e. The largest absolute Gasteiger partial charge is 0.383 e. The van der Waals surface area contributed by atoms with E-state index in [2.05, 4.69) is 21.1 Å². The van der Waals surface area contributed by atoms with Crippen LogP contribution in [-0.2, 0) is 27.1 Å². The summed E-state index contributed by atoms with van der Waals surface area (Å²) in [4.78, 5) is 4.48. The standard InChI is InChI=1S/C30H32F2N6O3S/c1-2-38-29-23(18-7-10-21(11-8-18)35-22-15-41-16-22)14-34-30(33)27(29)28(36-38)19-9-12-26(25(32)13-19)37-42(39,40)17-20-5-3-4-6-24(20)31/h3-7,9,12-14,21-22,35,37H,2,8,10-11,15-17H2,1H3,(H2,33,34). The van der Waals surface area contributed by atoms with E-state index in [1.54, 1.807) is 18.3 Å². The molecule has 4 N–H and O–H groups in total. The number of aromatic nitrogens is 3. The van der Waals surface area contributed by atoms with Crippen LogP contribution in [0.4, 0.5) is 20.3 Å². The Hall–Kier alpha value is -3.87. The predicted molar refractivity (Wildman–Crippen MR) is 159 cm³/mol. The van der Waals surface area contributed by atoms with Crippen molar-refractivity contribution in [2.45, 2.75) is 50.6 Å². The number of pyridine rings is 1. The van der Waals surface area contributed by atoms with Crippen molar-refractivity contribution in [3.63, 3.8) is 0 Å². The molecular formula is C30H32F2N6O3S. The van der Waals surface area contributed by atoms with Crippen LogP contribution in [0.15, 0.2) is 54.7 Å². The summed E-state index contributed by atoms with van der Waals surface area (Å²) in [7, 11) is -4.08. The molecule has 0 spiro atoms. The van der Waals surface area contributed by atoms with Crippen molar-refractivity contribution < 1.29 is 21.9 Å². The van der Waals surface area contributed by atoms with Crippen LogP contribution in [-0.4, -0.2) is 48.5 Å². The van der Waals surface area contributed by atoms with E-state index in [0.717, 1.165) is 43.6 Å². The van der Waals surface area contributed by atoms with Gasteiger partial charge in [-0.3, -0.25) is 9.40 Å². The van der Waals surface area contributed by atoms with Gasteiger partial charge in [0.15, 0.2) is 0 Å². The minimum atomic E-state index is -4.08. The maximum absolute atomic E-state index is 15.3. The van der Waals surface area contributed by atoms with Crippen LogP contribution in [0.2, 0.25) is 0 Å². The van der Waals surface area contributed by atoms with Crippen molar-refractivity contribution in [3.05, 3.63) is 77.5 Å². The van der Waals surface area contributed by atoms with Crippen molar-refractivity contribution in [1.82, 2.24) is 20.1 Å². The van der Waals surface area contributed by atoms with Crippen molar-refractivity contribution in [1.29, 1.82) is 0 Å². The molecule has 1 aliphatic carbocycles. The van der Waals surface area contributed by atoms with Crippen molar-refractivity contribution in [3.8, 4) is 11.3 Å². The second kappa shape index (κ2) is 11.4. The summed E-state index contributed by atoms with van der Waals surface area (Å²) in [6.45, 7) is 4.05. The minimum absolute atomic E-state index is 0.00906. The Labute approximate surface area is 242 Å². The zero-order chi connectivity index (χ0) is 29.4. The molecule has 1 fully saturated rings. The van der Waals surface area contributed by atoms with Gasteiger partial charge in [0.05, 0.1) is 41.6 Å². The summed E-state index contributed by atoms with van der Waals surface area (Å²) in [5.41, 5.74) is 9.96. The summed E-state index contributed by atoms with van der Waals surface area (Å²) in [6.07, 6.45) is 6.77. The Balaban J connectivity index is 1.30. The highest BCUT2D eigenvalue weighted by Crippen LogP contribution is 2.38. The molecule has 2 aliphatic rings. The number of nitrogens with two attached hydrogens (primary N) is 1. The summed E-state index contributed by atoms with van der Waals surface area (Å²) < 4.78 is 64.0. The molecule has 220 valence electrons. The first-order valence-electron chi connectivity index (χ1n) is 13.9. The lowest BCUT2D eigenvalue weighted by Crippen LogP contribution is -2.50. The monoisotopic (exact) mass is 594 g/mol. The maximum Gasteiger partial charge on any atom is 0.237 e. The Morgan fingerprint density at radius 3 is 2.60 bits per heavy atom. The van der Waals surface area contributed by atoms with E-state index in [1.807, 2.05) is 11.6 Å². The molecule has 6 rings (SSSR count). The molecule has 1 atom stereocenters. The number of anilines is 2. The molecule has 9 nitrogen and oxygen atoms in total. The lowest BCUT2D eigenvalue weighted by molar-refractivity contribution is -0.0103. The Morgan fingerprint density at radius 1 is 1.12 bits per heavy atom. The third kappa shape index (κ3) is 5.61. The van der Waals surface area contributed by atoms with Gasteiger partial charge in [0.2, 0.25) is 10.0 Å². The fraction of sp³-hybridized carbons (Fsp3) is 0.333. The number of benzene rings is 2. The maximum atomic E-state index is 15.3. The number of nitrogens with zero attached hydrogens (tertiary/aromatic N) is 3. The van der Waals surface area contributed by atoms with Crippen LogP contribution in [0, 0.1) is 11.6 Å². The van der Waals surface area contributed by atoms with Crippen LogP contribution >= 0.6 is 0 Å². The van der Waals surface area contributed by atoms with Gasteiger partial charge in [0, 0.05) is 35.5 Å². The number of fused-ring (bicyclic) bond motifs is 1. The number of nitrogens with one attached hydrogen (secondary N) is 2. The molecule has 1 saturated heterocycles. The highest BCUT2D eigenvalue weighted by molar-refractivity contribution is 7.91. The molecule has 2 aromatic heterocycles. The molecule has 12 heteroatoms. The van der Waals surface area contributed by atoms with Gasteiger partial charge >= 0.3 is 0 Å². The highest BCUT2D eigenvalue weighted by Gasteiger charge is 2.26. The van der Waals surface area contributed by atoms with Gasteiger partial charge in [-0.1, -0.05) is 30.3 Å². The Morgan fingerprint density at radius 2 is 1.93 bits per heavy atom. The number of hydrogen-bond donors (Lipinski definition) is 3. The van der Waals surface area contributed by atoms with Gasteiger partial charge in [-0.05, 0) is 50.0 Å². The SMILES string of the molecule is CCn1nc(-c2ccc(NS(=O)(=O)Cc3ccccc3F)c(F)c2)c2c(N)ncc(C3=CCC(NC4COC4)CC3)c21. The van der Waals surface area contributed by atoms with E-state index in [9.17, 15) is 12.8 Å². The van der Waals surface area contributed by atoms with E-state index in [-0.39, 0.29) is 17.1 Å². The van der Waals surface area contributed by atoms with E-state index in [0.29, 0.717) is 35.3 Å². The van der Waals surface area contributed by atoms with Crippen LogP contribution < -0.4 is 15.8 Å². The van der Waals surface area contributed by atoms with Crippen molar-refractivity contribution in [2.24, 2.45) is 0 Å². The van der Waals surface area contributed by atoms with E-state index in [4.69, 9.17) is 15.6 Å². The summed E-state index contributed by atoms with van der Waals surface area (Å²) in [6, 6.07) is 10.5. The van der Waals surface area contributed by atoms with Gasteiger partial charge in [-0.25, -0.2) is 22.2 Å². The summed E-state index contributed by atoms with van der Waals surface area (Å²) >= 11 is 0. The third-order valence-corrected chi connectivity index (χ3v) is 9.00. The van der Waals surface area contributed by atoms with Gasteiger partial charge in [-0.2, -0.15) is 5.10 Å². The molecule has 4 aromatic rings. The number of hydrogen-bond acceptors (Lipinski definition) is 7. The second-order valence-corrected chi connectivity index (χ2v) is 12.4. The first-order valence-corrected chi connectivity index (χ1v) is 15.6. The number of allylic oxidation sites excluding steroid dienone is 1. The first kappa shape index (κ1) is 28.3. The van der Waals surface area contributed by atoms with Crippen LogP contribution in [0.25, 0.3) is 27.7 Å². The molecular weight excluding hydrogens is 562 g/mol. The predicted octanol–water partition coefficient (Wildman–Crippen LogP) is 4.84. The molecule has 0 radical (unpaired) electrons. The van der Waals surface area contributed by atoms with Crippen molar-refractivity contribution >= 4 is 38.0 Å². The smallest absolute Gasteiger partial charge is 0.237 e. The van der Waals surface area contributed by atoms with Gasteiger partial charge in [0.1, 0.15) is 23.1 Å². The van der Waals surface area contributed by atoms with E-state index < -0.39 is 27.4 Å². The second-order valence-electron chi connectivity index (χ2n) is 10.7. The molecule has 0 amide bonds. The molecule has 1 unspecified atom stereocenters. The average molecular weight is 595 g/mol. The van der Waals surface area contributed by atoms with Gasteiger partial charge in [0.25, 0.3) is 0 Å².